The Labute approximate surface area is 129 Å². The van der Waals surface area contributed by atoms with Crippen LogP contribution in [0.1, 0.15) is 37.4 Å². The van der Waals surface area contributed by atoms with Crippen molar-refractivity contribution in [1.82, 2.24) is 15.1 Å². The van der Waals surface area contributed by atoms with Crippen LogP contribution in [0.2, 0.25) is 10.0 Å². The van der Waals surface area contributed by atoms with Crippen LogP contribution in [0.5, 0.6) is 0 Å². The number of aryl methyl sites for hydroxylation is 1. The second-order valence-electron chi connectivity index (χ2n) is 4.69. The molecule has 3 nitrogen and oxygen atoms in total. The van der Waals surface area contributed by atoms with Gasteiger partial charge in [-0.05, 0) is 30.7 Å². The van der Waals surface area contributed by atoms with Crippen LogP contribution in [0, 0.1) is 0 Å². The molecule has 0 aliphatic carbocycles. The molecule has 1 N–H and O–H groups in total. The highest BCUT2D eigenvalue weighted by Gasteiger charge is 2.18. The quantitative estimate of drug-likeness (QED) is 0.862. The third-order valence-corrected chi connectivity index (χ3v) is 3.68. The number of rotatable bonds is 6. The first-order valence-corrected chi connectivity index (χ1v) is 7.62. The average molecular weight is 312 g/mol. The summed E-state index contributed by atoms with van der Waals surface area (Å²) in [5, 5.41) is 9.16. The minimum absolute atomic E-state index is 0.0374. The summed E-state index contributed by atoms with van der Waals surface area (Å²) >= 11 is 12.3. The monoisotopic (exact) mass is 311 g/mol. The van der Waals surface area contributed by atoms with Gasteiger partial charge in [-0.15, -0.1) is 0 Å². The van der Waals surface area contributed by atoms with Gasteiger partial charge in [0.05, 0.1) is 12.2 Å². The average Bonchev–Trinajstić information content (AvgIpc) is 2.86. The summed E-state index contributed by atoms with van der Waals surface area (Å²) in [5.41, 5.74) is 2.14. The zero-order valence-electron chi connectivity index (χ0n) is 11.7. The first-order chi connectivity index (χ1) is 9.65. The highest BCUT2D eigenvalue weighted by atomic mass is 35.5. The van der Waals surface area contributed by atoms with E-state index < -0.39 is 0 Å². The molecular weight excluding hydrogens is 293 g/mol. The predicted octanol–water partition coefficient (Wildman–Crippen LogP) is 4.30. The first kappa shape index (κ1) is 15.4. The summed E-state index contributed by atoms with van der Waals surface area (Å²) in [6, 6.07) is 5.65. The number of aromatic nitrogens is 2. The van der Waals surface area contributed by atoms with E-state index in [0.717, 1.165) is 30.6 Å². The molecule has 0 bridgehead atoms. The third-order valence-electron chi connectivity index (χ3n) is 3.12. The third kappa shape index (κ3) is 3.54. The summed E-state index contributed by atoms with van der Waals surface area (Å²) < 4.78 is 1.96. The number of benzene rings is 1. The normalized spacial score (nSPS) is 12.6. The molecule has 2 rings (SSSR count). The zero-order valence-corrected chi connectivity index (χ0v) is 13.2. The number of nitrogens with zero attached hydrogens (tertiary/aromatic N) is 2. The molecule has 0 fully saturated rings. The smallest absolute Gasteiger partial charge is 0.0622 e. The molecule has 0 spiro atoms. The van der Waals surface area contributed by atoms with Crippen molar-refractivity contribution < 1.29 is 0 Å². The lowest BCUT2D eigenvalue weighted by molar-refractivity contribution is 0.597. The van der Waals surface area contributed by atoms with E-state index in [2.05, 4.69) is 30.5 Å². The van der Waals surface area contributed by atoms with Crippen LogP contribution in [0.25, 0.3) is 0 Å². The lowest BCUT2D eigenvalue weighted by atomic mass is 10.0. The number of hydrogen-bond acceptors (Lipinski definition) is 2. The standard InChI is InChI=1S/C15H19Cl2N3/c1-3-7-20-10-11(9-19-20)15(18-4-2)13-6-5-12(16)8-14(13)17/h5-6,8-10,15,18H,3-4,7H2,1-2H3. The van der Waals surface area contributed by atoms with Gasteiger partial charge in [0.1, 0.15) is 0 Å². The van der Waals surface area contributed by atoms with Gasteiger partial charge < -0.3 is 5.32 Å². The Kier molecular flexibility index (Phi) is 5.46. The first-order valence-electron chi connectivity index (χ1n) is 6.86. The van der Waals surface area contributed by atoms with Crippen molar-refractivity contribution in [2.75, 3.05) is 6.54 Å². The van der Waals surface area contributed by atoms with Gasteiger partial charge in [-0.2, -0.15) is 5.10 Å². The molecular formula is C15H19Cl2N3. The van der Waals surface area contributed by atoms with E-state index in [4.69, 9.17) is 23.2 Å². The van der Waals surface area contributed by atoms with Gasteiger partial charge in [0.15, 0.2) is 0 Å². The molecule has 0 saturated carbocycles. The van der Waals surface area contributed by atoms with Crippen molar-refractivity contribution in [1.29, 1.82) is 0 Å². The Morgan fingerprint density at radius 1 is 1.30 bits per heavy atom. The van der Waals surface area contributed by atoms with Gasteiger partial charge in [-0.25, -0.2) is 0 Å². The molecule has 0 aliphatic rings. The highest BCUT2D eigenvalue weighted by Crippen LogP contribution is 2.30. The SMILES string of the molecule is CCCn1cc(C(NCC)c2ccc(Cl)cc2Cl)cn1. The Morgan fingerprint density at radius 2 is 2.10 bits per heavy atom. The van der Waals surface area contributed by atoms with E-state index in [0.29, 0.717) is 10.0 Å². The molecule has 0 saturated heterocycles. The summed E-state index contributed by atoms with van der Waals surface area (Å²) in [4.78, 5) is 0. The summed E-state index contributed by atoms with van der Waals surface area (Å²) in [5.74, 6) is 0. The maximum absolute atomic E-state index is 6.33. The van der Waals surface area contributed by atoms with Gasteiger partial charge >= 0.3 is 0 Å². The lowest BCUT2D eigenvalue weighted by Gasteiger charge is -2.18. The van der Waals surface area contributed by atoms with Crippen LogP contribution in [0.15, 0.2) is 30.6 Å². The van der Waals surface area contributed by atoms with Crippen molar-refractivity contribution in [3.05, 3.63) is 51.8 Å². The molecule has 20 heavy (non-hydrogen) atoms. The van der Waals surface area contributed by atoms with Crippen molar-refractivity contribution >= 4 is 23.2 Å². The zero-order chi connectivity index (χ0) is 14.5. The molecule has 0 aliphatic heterocycles. The van der Waals surface area contributed by atoms with E-state index in [-0.39, 0.29) is 6.04 Å². The molecule has 5 heteroatoms. The number of halogens is 2. The molecule has 1 heterocycles. The fourth-order valence-corrected chi connectivity index (χ4v) is 2.74. The van der Waals surface area contributed by atoms with Crippen LogP contribution in [-0.4, -0.2) is 16.3 Å². The maximum Gasteiger partial charge on any atom is 0.0622 e. The fraction of sp³-hybridized carbons (Fsp3) is 0.400. The maximum atomic E-state index is 6.33. The van der Waals surface area contributed by atoms with Crippen LogP contribution < -0.4 is 5.32 Å². The minimum atomic E-state index is 0.0374. The molecule has 0 radical (unpaired) electrons. The van der Waals surface area contributed by atoms with E-state index >= 15 is 0 Å². The van der Waals surface area contributed by atoms with Gasteiger partial charge in [0, 0.05) is 28.4 Å². The van der Waals surface area contributed by atoms with Gasteiger partial charge in [0.25, 0.3) is 0 Å². The molecule has 1 aromatic carbocycles. The molecule has 1 aromatic heterocycles. The van der Waals surface area contributed by atoms with Crippen LogP contribution in [0.3, 0.4) is 0 Å². The minimum Gasteiger partial charge on any atom is -0.306 e. The molecule has 2 aromatic rings. The van der Waals surface area contributed by atoms with Crippen molar-refractivity contribution in [3.8, 4) is 0 Å². The summed E-state index contributed by atoms with van der Waals surface area (Å²) in [6.45, 7) is 5.99. The predicted molar refractivity (Wildman–Crippen MR) is 84.5 cm³/mol. The Morgan fingerprint density at radius 3 is 2.75 bits per heavy atom. The van der Waals surface area contributed by atoms with Crippen LogP contribution >= 0.6 is 23.2 Å². The topological polar surface area (TPSA) is 29.9 Å². The second kappa shape index (κ2) is 7.11. The second-order valence-corrected chi connectivity index (χ2v) is 5.54. The molecule has 108 valence electrons. The van der Waals surface area contributed by atoms with E-state index in [9.17, 15) is 0 Å². The van der Waals surface area contributed by atoms with Crippen LogP contribution in [-0.2, 0) is 6.54 Å². The van der Waals surface area contributed by atoms with Crippen molar-refractivity contribution in [3.63, 3.8) is 0 Å². The van der Waals surface area contributed by atoms with Crippen LogP contribution in [0.4, 0.5) is 0 Å². The van der Waals surface area contributed by atoms with Gasteiger partial charge in [-0.1, -0.05) is 43.1 Å². The van der Waals surface area contributed by atoms with E-state index in [1.165, 1.54) is 0 Å². The summed E-state index contributed by atoms with van der Waals surface area (Å²) in [6.07, 6.45) is 5.03. The highest BCUT2D eigenvalue weighted by molar-refractivity contribution is 6.35. The molecule has 0 amide bonds. The fourth-order valence-electron chi connectivity index (χ4n) is 2.23. The van der Waals surface area contributed by atoms with E-state index in [1.807, 2.05) is 23.0 Å². The molecule has 1 atom stereocenters. The Bertz CT molecular complexity index is 566. The van der Waals surface area contributed by atoms with Gasteiger partial charge in [-0.3, -0.25) is 4.68 Å². The molecule has 1 unspecified atom stereocenters. The van der Waals surface area contributed by atoms with E-state index in [1.54, 1.807) is 6.07 Å². The lowest BCUT2D eigenvalue weighted by Crippen LogP contribution is -2.22. The largest absolute Gasteiger partial charge is 0.306 e. The Balaban J connectivity index is 2.34. The number of nitrogens with one attached hydrogen (secondary N) is 1. The number of hydrogen-bond donors (Lipinski definition) is 1. The van der Waals surface area contributed by atoms with Crippen molar-refractivity contribution in [2.24, 2.45) is 0 Å². The van der Waals surface area contributed by atoms with Crippen molar-refractivity contribution in [2.45, 2.75) is 32.9 Å². The summed E-state index contributed by atoms with van der Waals surface area (Å²) in [7, 11) is 0. The Hall–Kier alpha value is -1.03. The van der Waals surface area contributed by atoms with Gasteiger partial charge in [0.2, 0.25) is 0 Å².